The Labute approximate surface area is 150 Å². The van der Waals surface area contributed by atoms with Crippen molar-refractivity contribution in [1.29, 1.82) is 0 Å². The van der Waals surface area contributed by atoms with Crippen LogP contribution in [-0.4, -0.2) is 42.1 Å². The lowest BCUT2D eigenvalue weighted by Gasteiger charge is -2.18. The average molecular weight is 377 g/mol. The zero-order chi connectivity index (χ0) is 17.4. The van der Waals surface area contributed by atoms with Crippen LogP contribution in [0, 0.1) is 0 Å². The molecule has 0 spiro atoms. The predicted octanol–water partition coefficient (Wildman–Crippen LogP) is 3.09. The lowest BCUT2D eigenvalue weighted by molar-refractivity contribution is 0.474. The molecule has 2 N–H and O–H groups in total. The molecule has 1 aromatic heterocycles. The Bertz CT molecular complexity index is 1000. The quantitative estimate of drug-likeness (QED) is 0.733. The van der Waals surface area contributed by atoms with Gasteiger partial charge in [-0.25, -0.2) is 8.42 Å². The van der Waals surface area contributed by atoms with Crippen LogP contribution in [0.15, 0.2) is 53.6 Å². The Morgan fingerprint density at radius 3 is 2.80 bits per heavy atom. The van der Waals surface area contributed by atoms with E-state index >= 15 is 0 Å². The van der Waals surface area contributed by atoms with Gasteiger partial charge in [0.05, 0.1) is 16.6 Å². The van der Waals surface area contributed by atoms with E-state index in [1.807, 2.05) is 18.2 Å². The van der Waals surface area contributed by atoms with E-state index in [1.54, 1.807) is 30.5 Å². The maximum Gasteiger partial charge on any atom is 0.243 e. The SMILES string of the molecule is O=S(=O)(c1ccc(Cl)cc1)N1CCC(Nc2ccc3[nH]ncc3c2)C1. The largest absolute Gasteiger partial charge is 0.381 e. The summed E-state index contributed by atoms with van der Waals surface area (Å²) in [6.45, 7) is 0.935. The lowest BCUT2D eigenvalue weighted by atomic mass is 10.2. The zero-order valence-corrected chi connectivity index (χ0v) is 14.9. The molecule has 1 atom stereocenters. The molecule has 1 aliphatic heterocycles. The molecule has 25 heavy (non-hydrogen) atoms. The van der Waals surface area contributed by atoms with E-state index in [2.05, 4.69) is 15.5 Å². The van der Waals surface area contributed by atoms with Gasteiger partial charge in [0.25, 0.3) is 0 Å². The van der Waals surface area contributed by atoms with Crippen molar-refractivity contribution in [3.05, 3.63) is 53.7 Å². The summed E-state index contributed by atoms with van der Waals surface area (Å²) in [5.74, 6) is 0. The molecule has 8 heteroatoms. The first-order valence-electron chi connectivity index (χ1n) is 7.98. The number of sulfonamides is 1. The summed E-state index contributed by atoms with van der Waals surface area (Å²) in [6, 6.07) is 12.3. The van der Waals surface area contributed by atoms with E-state index in [0.717, 1.165) is 23.0 Å². The molecule has 2 aromatic carbocycles. The standard InChI is InChI=1S/C17H17ClN4O2S/c18-13-1-4-16(5-2-13)25(23,24)22-8-7-15(11-22)20-14-3-6-17-12(9-14)10-19-21-17/h1-6,9-10,15,20H,7-8,11H2,(H,19,21). The smallest absolute Gasteiger partial charge is 0.243 e. The van der Waals surface area contributed by atoms with Gasteiger partial charge < -0.3 is 5.32 Å². The van der Waals surface area contributed by atoms with Gasteiger partial charge >= 0.3 is 0 Å². The molecule has 130 valence electrons. The second-order valence-corrected chi connectivity index (χ2v) is 8.49. The second-order valence-electron chi connectivity index (χ2n) is 6.12. The van der Waals surface area contributed by atoms with Gasteiger partial charge in [0, 0.05) is 35.2 Å². The third-order valence-electron chi connectivity index (χ3n) is 4.41. The van der Waals surface area contributed by atoms with Crippen LogP contribution in [0.4, 0.5) is 5.69 Å². The van der Waals surface area contributed by atoms with Gasteiger partial charge in [0.2, 0.25) is 10.0 Å². The molecule has 6 nitrogen and oxygen atoms in total. The topological polar surface area (TPSA) is 78.1 Å². The highest BCUT2D eigenvalue weighted by atomic mass is 35.5. The highest BCUT2D eigenvalue weighted by Gasteiger charge is 2.32. The number of nitrogens with zero attached hydrogens (tertiary/aromatic N) is 2. The van der Waals surface area contributed by atoms with Gasteiger partial charge in [-0.2, -0.15) is 9.40 Å². The molecule has 4 rings (SSSR count). The maximum absolute atomic E-state index is 12.7. The summed E-state index contributed by atoms with van der Waals surface area (Å²) >= 11 is 5.84. The van der Waals surface area contributed by atoms with Crippen LogP contribution < -0.4 is 5.32 Å². The number of fused-ring (bicyclic) bond motifs is 1. The number of halogens is 1. The summed E-state index contributed by atoms with van der Waals surface area (Å²) in [5.41, 5.74) is 1.94. The normalized spacial score (nSPS) is 18.7. The van der Waals surface area contributed by atoms with E-state index in [4.69, 9.17) is 11.6 Å². The molecule has 2 heterocycles. The Balaban J connectivity index is 1.48. The lowest BCUT2D eigenvalue weighted by Crippen LogP contribution is -2.31. The van der Waals surface area contributed by atoms with Gasteiger partial charge in [0.15, 0.2) is 0 Å². The van der Waals surface area contributed by atoms with Crippen molar-refractivity contribution < 1.29 is 8.42 Å². The highest BCUT2D eigenvalue weighted by Crippen LogP contribution is 2.25. The molecular formula is C17H17ClN4O2S. The molecule has 1 fully saturated rings. The molecule has 1 saturated heterocycles. The number of hydrogen-bond donors (Lipinski definition) is 2. The third-order valence-corrected chi connectivity index (χ3v) is 6.54. The minimum Gasteiger partial charge on any atom is -0.381 e. The molecular weight excluding hydrogens is 360 g/mol. The molecule has 1 aliphatic rings. The Kier molecular flexibility index (Phi) is 4.15. The number of benzene rings is 2. The molecule has 0 amide bonds. The van der Waals surface area contributed by atoms with E-state index in [9.17, 15) is 8.42 Å². The van der Waals surface area contributed by atoms with Crippen molar-refractivity contribution in [1.82, 2.24) is 14.5 Å². The summed E-state index contributed by atoms with van der Waals surface area (Å²) in [6.07, 6.45) is 2.53. The van der Waals surface area contributed by atoms with Crippen LogP contribution in [-0.2, 0) is 10.0 Å². The van der Waals surface area contributed by atoms with Gasteiger partial charge in [-0.05, 0) is 48.9 Å². The van der Waals surface area contributed by atoms with Crippen molar-refractivity contribution in [3.63, 3.8) is 0 Å². The fourth-order valence-corrected chi connectivity index (χ4v) is 4.71. The first-order valence-corrected chi connectivity index (χ1v) is 9.79. The first kappa shape index (κ1) is 16.4. The third kappa shape index (κ3) is 3.22. The van der Waals surface area contributed by atoms with Crippen LogP contribution in [0.5, 0.6) is 0 Å². The van der Waals surface area contributed by atoms with Gasteiger partial charge in [-0.1, -0.05) is 11.6 Å². The monoisotopic (exact) mass is 376 g/mol. The van der Waals surface area contributed by atoms with Crippen LogP contribution >= 0.6 is 11.6 Å². The van der Waals surface area contributed by atoms with Crippen molar-refractivity contribution >= 4 is 38.2 Å². The summed E-state index contributed by atoms with van der Waals surface area (Å²) in [4.78, 5) is 0.275. The number of aromatic amines is 1. The van der Waals surface area contributed by atoms with E-state index < -0.39 is 10.0 Å². The molecule has 3 aromatic rings. The number of nitrogens with one attached hydrogen (secondary N) is 2. The Morgan fingerprint density at radius 2 is 2.00 bits per heavy atom. The van der Waals surface area contributed by atoms with Gasteiger partial charge in [-0.3, -0.25) is 5.10 Å². The number of hydrogen-bond acceptors (Lipinski definition) is 4. The first-order chi connectivity index (χ1) is 12.0. The summed E-state index contributed by atoms with van der Waals surface area (Å²) in [7, 11) is -3.49. The fourth-order valence-electron chi connectivity index (χ4n) is 3.09. The van der Waals surface area contributed by atoms with Crippen LogP contribution in [0.1, 0.15) is 6.42 Å². The highest BCUT2D eigenvalue weighted by molar-refractivity contribution is 7.89. The van der Waals surface area contributed by atoms with Crippen LogP contribution in [0.2, 0.25) is 5.02 Å². The minimum atomic E-state index is -3.49. The number of rotatable bonds is 4. The zero-order valence-electron chi connectivity index (χ0n) is 13.3. The maximum atomic E-state index is 12.7. The second kappa shape index (κ2) is 6.33. The summed E-state index contributed by atoms with van der Waals surface area (Å²) < 4.78 is 27.0. The van der Waals surface area contributed by atoms with Gasteiger partial charge in [-0.15, -0.1) is 0 Å². The summed E-state index contributed by atoms with van der Waals surface area (Å²) in [5, 5.41) is 11.9. The van der Waals surface area contributed by atoms with E-state index in [0.29, 0.717) is 18.1 Å². The fraction of sp³-hybridized carbons (Fsp3) is 0.235. The number of aromatic nitrogens is 2. The van der Waals surface area contributed by atoms with Gasteiger partial charge in [0.1, 0.15) is 0 Å². The molecule has 0 saturated carbocycles. The molecule has 0 radical (unpaired) electrons. The van der Waals surface area contributed by atoms with Crippen molar-refractivity contribution in [2.45, 2.75) is 17.4 Å². The van der Waals surface area contributed by atoms with E-state index in [-0.39, 0.29) is 10.9 Å². The molecule has 0 aliphatic carbocycles. The molecule has 1 unspecified atom stereocenters. The van der Waals surface area contributed by atoms with Crippen molar-refractivity contribution in [2.24, 2.45) is 0 Å². The Morgan fingerprint density at radius 1 is 1.20 bits per heavy atom. The number of H-pyrrole nitrogens is 1. The minimum absolute atomic E-state index is 0.0754. The van der Waals surface area contributed by atoms with Crippen molar-refractivity contribution in [3.8, 4) is 0 Å². The molecule has 0 bridgehead atoms. The van der Waals surface area contributed by atoms with Crippen LogP contribution in [0.25, 0.3) is 10.9 Å². The predicted molar refractivity (Wildman–Crippen MR) is 98.3 cm³/mol. The van der Waals surface area contributed by atoms with E-state index in [1.165, 1.54) is 4.31 Å². The average Bonchev–Trinajstić information content (AvgIpc) is 3.24. The van der Waals surface area contributed by atoms with Crippen LogP contribution in [0.3, 0.4) is 0 Å². The van der Waals surface area contributed by atoms with Crippen molar-refractivity contribution in [2.75, 3.05) is 18.4 Å². The Hall–Kier alpha value is -2.09. The number of anilines is 1.